The normalized spacial score (nSPS) is 10.1. The largest absolute Gasteiger partial charge is 0.496 e. The zero-order valence-corrected chi connectivity index (χ0v) is 11.9. The predicted molar refractivity (Wildman–Crippen MR) is 77.2 cm³/mol. The Hall–Kier alpha value is -2.05. The molecule has 5 nitrogen and oxygen atoms in total. The molecule has 1 amide bonds. The lowest BCUT2D eigenvalue weighted by atomic mass is 10.2. The van der Waals surface area contributed by atoms with E-state index in [0.29, 0.717) is 16.3 Å². The molecule has 0 spiro atoms. The summed E-state index contributed by atoms with van der Waals surface area (Å²) in [6, 6.07) is 5.72. The van der Waals surface area contributed by atoms with Crippen molar-refractivity contribution >= 4 is 40.5 Å². The van der Waals surface area contributed by atoms with Crippen LogP contribution in [0.25, 0.3) is 0 Å². The van der Waals surface area contributed by atoms with Gasteiger partial charge in [-0.3, -0.25) is 4.79 Å². The van der Waals surface area contributed by atoms with Crippen LogP contribution < -0.4 is 10.1 Å². The topological polar surface area (TPSA) is 75.6 Å². The molecule has 0 bridgehead atoms. The highest BCUT2D eigenvalue weighted by atomic mass is 35.5. The van der Waals surface area contributed by atoms with Gasteiger partial charge < -0.3 is 15.2 Å². The fourth-order valence-corrected chi connectivity index (χ4v) is 2.46. The third-order valence-electron chi connectivity index (χ3n) is 2.50. The number of benzene rings is 1. The number of carboxylic acid groups (broad SMARTS) is 1. The number of carboxylic acids is 1. The number of nitrogens with one attached hydrogen (secondary N) is 1. The monoisotopic (exact) mass is 311 g/mol. The van der Waals surface area contributed by atoms with Crippen LogP contribution in [0, 0.1) is 0 Å². The number of aromatic carboxylic acids is 1. The number of ether oxygens (including phenoxy) is 1. The quantitative estimate of drug-likeness (QED) is 0.907. The minimum atomic E-state index is -1.08. The van der Waals surface area contributed by atoms with Gasteiger partial charge in [0.15, 0.2) is 0 Å². The standard InChI is InChI=1S/C13H10ClNO4S/c1-19-8-5-11(20-6-8)12(16)15-10-3-2-7(13(17)18)4-9(10)14/h2-6H,1H3,(H,15,16)(H,17,18). The summed E-state index contributed by atoms with van der Waals surface area (Å²) in [5.41, 5.74) is 0.417. The molecule has 0 unspecified atom stereocenters. The van der Waals surface area contributed by atoms with E-state index < -0.39 is 5.97 Å². The first kappa shape index (κ1) is 14.4. The molecule has 2 rings (SSSR count). The lowest BCUT2D eigenvalue weighted by molar-refractivity contribution is 0.0696. The molecule has 1 aromatic heterocycles. The summed E-state index contributed by atoms with van der Waals surface area (Å²) in [4.78, 5) is 23.2. The van der Waals surface area contributed by atoms with E-state index in [0.717, 1.165) is 0 Å². The van der Waals surface area contributed by atoms with E-state index >= 15 is 0 Å². The van der Waals surface area contributed by atoms with Gasteiger partial charge in [-0.25, -0.2) is 4.79 Å². The molecule has 0 saturated heterocycles. The van der Waals surface area contributed by atoms with Gasteiger partial charge in [-0.05, 0) is 18.2 Å². The molecule has 1 heterocycles. The van der Waals surface area contributed by atoms with E-state index in [1.165, 1.54) is 36.6 Å². The number of thiophene rings is 1. The van der Waals surface area contributed by atoms with Crippen LogP contribution in [0.3, 0.4) is 0 Å². The second-order valence-electron chi connectivity index (χ2n) is 3.80. The van der Waals surface area contributed by atoms with Crippen LogP contribution in [0.2, 0.25) is 5.02 Å². The fraction of sp³-hybridized carbons (Fsp3) is 0.0769. The third kappa shape index (κ3) is 3.09. The minimum absolute atomic E-state index is 0.0609. The number of hydrogen-bond acceptors (Lipinski definition) is 4. The Bertz CT molecular complexity index is 668. The number of anilines is 1. The molecule has 2 N–H and O–H groups in total. The van der Waals surface area contributed by atoms with E-state index in [-0.39, 0.29) is 16.5 Å². The molecule has 0 radical (unpaired) electrons. The SMILES string of the molecule is COc1csc(C(=O)Nc2ccc(C(=O)O)cc2Cl)c1. The van der Waals surface area contributed by atoms with Gasteiger partial charge in [-0.2, -0.15) is 0 Å². The minimum Gasteiger partial charge on any atom is -0.496 e. The van der Waals surface area contributed by atoms with Gasteiger partial charge in [0.25, 0.3) is 5.91 Å². The van der Waals surface area contributed by atoms with Crippen LogP contribution >= 0.6 is 22.9 Å². The maximum absolute atomic E-state index is 12.0. The van der Waals surface area contributed by atoms with Crippen molar-refractivity contribution in [2.45, 2.75) is 0 Å². The molecular weight excluding hydrogens is 302 g/mol. The lowest BCUT2D eigenvalue weighted by Gasteiger charge is -2.06. The van der Waals surface area contributed by atoms with Crippen LogP contribution in [0.4, 0.5) is 5.69 Å². The van der Waals surface area contributed by atoms with Gasteiger partial charge >= 0.3 is 5.97 Å². The molecule has 1 aromatic carbocycles. The van der Waals surface area contributed by atoms with Crippen molar-refractivity contribution in [3.05, 3.63) is 45.1 Å². The van der Waals surface area contributed by atoms with Crippen molar-refractivity contribution in [1.82, 2.24) is 0 Å². The van der Waals surface area contributed by atoms with Gasteiger partial charge in [0.2, 0.25) is 0 Å². The summed E-state index contributed by atoms with van der Waals surface area (Å²) in [7, 11) is 1.52. The summed E-state index contributed by atoms with van der Waals surface area (Å²) >= 11 is 7.18. The number of carbonyl (C=O) groups is 2. The molecule has 0 atom stereocenters. The first-order chi connectivity index (χ1) is 9.51. The summed E-state index contributed by atoms with van der Waals surface area (Å²) in [5.74, 6) is -0.802. The molecule has 0 fully saturated rings. The molecule has 0 aliphatic rings. The van der Waals surface area contributed by atoms with Crippen molar-refractivity contribution in [3.63, 3.8) is 0 Å². The smallest absolute Gasteiger partial charge is 0.335 e. The summed E-state index contributed by atoms with van der Waals surface area (Å²) < 4.78 is 5.00. The van der Waals surface area contributed by atoms with Crippen LogP contribution in [-0.4, -0.2) is 24.1 Å². The van der Waals surface area contributed by atoms with E-state index in [1.54, 1.807) is 11.4 Å². The average molecular weight is 312 g/mol. The van der Waals surface area contributed by atoms with E-state index in [9.17, 15) is 9.59 Å². The first-order valence-electron chi connectivity index (χ1n) is 5.48. The Kier molecular flexibility index (Phi) is 4.26. The number of halogens is 1. The first-order valence-corrected chi connectivity index (χ1v) is 6.73. The maximum atomic E-state index is 12.0. The van der Waals surface area contributed by atoms with Crippen molar-refractivity contribution in [2.75, 3.05) is 12.4 Å². The molecule has 0 saturated carbocycles. The van der Waals surface area contributed by atoms with Crippen molar-refractivity contribution < 1.29 is 19.4 Å². The molecule has 0 aliphatic heterocycles. The number of rotatable bonds is 4. The molecule has 104 valence electrons. The molecule has 7 heteroatoms. The van der Waals surface area contributed by atoms with Gasteiger partial charge in [-0.15, -0.1) is 11.3 Å². The second-order valence-corrected chi connectivity index (χ2v) is 5.12. The zero-order valence-electron chi connectivity index (χ0n) is 10.3. The van der Waals surface area contributed by atoms with Gasteiger partial charge in [0, 0.05) is 11.4 Å². The van der Waals surface area contributed by atoms with E-state index in [2.05, 4.69) is 5.32 Å². The molecule has 20 heavy (non-hydrogen) atoms. The summed E-state index contributed by atoms with van der Waals surface area (Å²) in [5, 5.41) is 13.3. The number of amides is 1. The Morgan fingerprint density at radius 1 is 1.35 bits per heavy atom. The van der Waals surface area contributed by atoms with Crippen LogP contribution in [-0.2, 0) is 0 Å². The number of methoxy groups -OCH3 is 1. The summed E-state index contributed by atoms with van der Waals surface area (Å²) in [6.07, 6.45) is 0. The average Bonchev–Trinajstić information content (AvgIpc) is 2.89. The third-order valence-corrected chi connectivity index (χ3v) is 3.72. The number of carbonyl (C=O) groups excluding carboxylic acids is 1. The van der Waals surface area contributed by atoms with Gasteiger partial charge in [-0.1, -0.05) is 11.6 Å². The fourth-order valence-electron chi connectivity index (χ4n) is 1.48. The van der Waals surface area contributed by atoms with Crippen molar-refractivity contribution in [1.29, 1.82) is 0 Å². The Morgan fingerprint density at radius 2 is 2.10 bits per heavy atom. The Balaban J connectivity index is 2.17. The highest BCUT2D eigenvalue weighted by Gasteiger charge is 2.13. The molecule has 2 aromatic rings. The Labute approximate surface area is 123 Å². The number of hydrogen-bond donors (Lipinski definition) is 2. The zero-order chi connectivity index (χ0) is 14.7. The van der Waals surface area contributed by atoms with Gasteiger partial charge in [0.1, 0.15) is 5.75 Å². The van der Waals surface area contributed by atoms with Gasteiger partial charge in [0.05, 0.1) is 28.3 Å². The second kappa shape index (κ2) is 5.94. The van der Waals surface area contributed by atoms with E-state index in [4.69, 9.17) is 21.4 Å². The van der Waals surface area contributed by atoms with Crippen LogP contribution in [0.1, 0.15) is 20.0 Å². The highest BCUT2D eigenvalue weighted by molar-refractivity contribution is 7.12. The summed E-state index contributed by atoms with van der Waals surface area (Å²) in [6.45, 7) is 0. The van der Waals surface area contributed by atoms with Crippen LogP contribution in [0.5, 0.6) is 5.75 Å². The maximum Gasteiger partial charge on any atom is 0.335 e. The molecule has 0 aliphatic carbocycles. The predicted octanol–water partition coefficient (Wildman–Crippen LogP) is 3.36. The Morgan fingerprint density at radius 3 is 2.65 bits per heavy atom. The lowest BCUT2D eigenvalue weighted by Crippen LogP contribution is -2.10. The van der Waals surface area contributed by atoms with Crippen LogP contribution in [0.15, 0.2) is 29.6 Å². The van der Waals surface area contributed by atoms with E-state index in [1.807, 2.05) is 0 Å². The molecular formula is C13H10ClNO4S. The van der Waals surface area contributed by atoms with Crippen molar-refractivity contribution in [3.8, 4) is 5.75 Å². The highest BCUT2D eigenvalue weighted by Crippen LogP contribution is 2.26. The van der Waals surface area contributed by atoms with Crippen molar-refractivity contribution in [2.24, 2.45) is 0 Å².